The van der Waals surface area contributed by atoms with E-state index in [4.69, 9.17) is 9.47 Å². The molecule has 0 saturated carbocycles. The molecule has 0 spiro atoms. The van der Waals surface area contributed by atoms with E-state index in [1.165, 1.54) is 6.20 Å². The van der Waals surface area contributed by atoms with Crippen LogP contribution in [0.15, 0.2) is 30.5 Å². The Hall–Kier alpha value is -2.48. The highest BCUT2D eigenvalue weighted by molar-refractivity contribution is 5.77. The molecule has 1 aromatic heterocycles. The highest BCUT2D eigenvalue weighted by Crippen LogP contribution is 2.39. The van der Waals surface area contributed by atoms with Crippen LogP contribution in [0.1, 0.15) is 18.9 Å². The van der Waals surface area contributed by atoms with Crippen molar-refractivity contribution in [3.8, 4) is 22.6 Å². The van der Waals surface area contributed by atoms with Gasteiger partial charge in [0, 0.05) is 23.2 Å². The Kier molecular flexibility index (Phi) is 4.59. The summed E-state index contributed by atoms with van der Waals surface area (Å²) >= 11 is 0. The fraction of sp³-hybridized carbons (Fsp3) is 0.421. The number of hydrogen-bond donors (Lipinski definition) is 2. The Morgan fingerprint density at radius 2 is 2.11 bits per heavy atom. The third-order valence-electron chi connectivity index (χ3n) is 4.70. The van der Waals surface area contributed by atoms with Crippen LogP contribution < -0.4 is 20.1 Å². The molecule has 144 valence electrons. The summed E-state index contributed by atoms with van der Waals surface area (Å²) in [4.78, 5) is 3.99. The molecule has 1 aromatic carbocycles. The van der Waals surface area contributed by atoms with Crippen LogP contribution in [0.25, 0.3) is 11.1 Å². The molecule has 1 saturated heterocycles. The van der Waals surface area contributed by atoms with Gasteiger partial charge in [0.15, 0.2) is 0 Å². The minimum Gasteiger partial charge on any atom is -0.492 e. The molecular formula is C19H20F3N3O2. The maximum atomic E-state index is 12.4. The minimum atomic E-state index is -4.30. The molecule has 2 aromatic rings. The van der Waals surface area contributed by atoms with Crippen LogP contribution in [0.3, 0.4) is 0 Å². The molecule has 2 unspecified atom stereocenters. The van der Waals surface area contributed by atoms with Gasteiger partial charge in [0.2, 0.25) is 0 Å². The summed E-state index contributed by atoms with van der Waals surface area (Å²) in [7, 11) is 0. The molecule has 5 nitrogen and oxygen atoms in total. The highest BCUT2D eigenvalue weighted by Gasteiger charge is 2.27. The van der Waals surface area contributed by atoms with Crippen LogP contribution >= 0.6 is 0 Å². The molecular weight excluding hydrogens is 359 g/mol. The van der Waals surface area contributed by atoms with Gasteiger partial charge in [-0.3, -0.25) is 0 Å². The van der Waals surface area contributed by atoms with Crippen molar-refractivity contribution < 1.29 is 22.6 Å². The van der Waals surface area contributed by atoms with Crippen LogP contribution in [0.5, 0.6) is 11.5 Å². The van der Waals surface area contributed by atoms with E-state index in [-0.39, 0.29) is 5.82 Å². The van der Waals surface area contributed by atoms with Crippen LogP contribution in [-0.4, -0.2) is 36.4 Å². The number of nitrogens with one attached hydrogen (secondary N) is 2. The summed E-state index contributed by atoms with van der Waals surface area (Å²) in [6.45, 7) is 1.98. The average molecular weight is 379 g/mol. The molecule has 0 radical (unpaired) electrons. The van der Waals surface area contributed by atoms with Crippen molar-refractivity contribution >= 4 is 5.82 Å². The minimum absolute atomic E-state index is 0.160. The smallest absolute Gasteiger partial charge is 0.405 e. The van der Waals surface area contributed by atoms with Gasteiger partial charge in [-0.1, -0.05) is 6.07 Å². The van der Waals surface area contributed by atoms with E-state index in [0.29, 0.717) is 31.0 Å². The summed E-state index contributed by atoms with van der Waals surface area (Å²) in [6.07, 6.45) is -1.75. The van der Waals surface area contributed by atoms with Crippen molar-refractivity contribution in [2.45, 2.75) is 38.2 Å². The number of nitrogens with zero attached hydrogens (tertiary/aromatic N) is 1. The molecule has 0 aliphatic carbocycles. The summed E-state index contributed by atoms with van der Waals surface area (Å²) < 4.78 is 48.8. The second-order valence-corrected chi connectivity index (χ2v) is 6.95. The molecule has 4 rings (SSSR count). The first-order valence-corrected chi connectivity index (χ1v) is 8.83. The van der Waals surface area contributed by atoms with Gasteiger partial charge in [0.05, 0.1) is 6.20 Å². The highest BCUT2D eigenvalue weighted by atomic mass is 19.4. The van der Waals surface area contributed by atoms with E-state index in [2.05, 4.69) is 22.5 Å². The first-order chi connectivity index (χ1) is 12.9. The quantitative estimate of drug-likeness (QED) is 0.829. The zero-order chi connectivity index (χ0) is 19.0. The monoisotopic (exact) mass is 379 g/mol. The van der Waals surface area contributed by atoms with Crippen LogP contribution in [0.4, 0.5) is 19.0 Å². The van der Waals surface area contributed by atoms with Gasteiger partial charge in [-0.25, -0.2) is 4.98 Å². The zero-order valence-electron chi connectivity index (χ0n) is 14.8. The first-order valence-electron chi connectivity index (χ1n) is 8.83. The second kappa shape index (κ2) is 6.92. The number of rotatable bonds is 5. The van der Waals surface area contributed by atoms with Gasteiger partial charge in [0.25, 0.3) is 0 Å². The maximum Gasteiger partial charge on any atom is 0.405 e. The number of halogens is 3. The lowest BCUT2D eigenvalue weighted by Crippen LogP contribution is -2.53. The number of fused-ring (bicyclic) bond motifs is 3. The second-order valence-electron chi connectivity index (χ2n) is 6.95. The standard InChI is InChI=1S/C19H20F3N3O2/c1-11-4-13(25-11)9-26-14-2-3-15-12(5-14)8-27-17-7-23-18(6-16(15)17)24-10-19(20,21)22/h2-3,5-7,11,13,25H,4,8-10H2,1H3,(H,23,24). The number of hydrogen-bond acceptors (Lipinski definition) is 5. The van der Waals surface area contributed by atoms with Gasteiger partial charge in [-0.15, -0.1) is 0 Å². The topological polar surface area (TPSA) is 55.4 Å². The fourth-order valence-electron chi connectivity index (χ4n) is 3.37. The molecule has 27 heavy (non-hydrogen) atoms. The molecule has 0 bridgehead atoms. The third kappa shape index (κ3) is 4.10. The first kappa shape index (κ1) is 17.9. The molecule has 2 N–H and O–H groups in total. The normalized spacial score (nSPS) is 20.7. The van der Waals surface area contributed by atoms with Crippen molar-refractivity contribution in [3.05, 3.63) is 36.0 Å². The molecule has 8 heteroatoms. The Morgan fingerprint density at radius 3 is 2.85 bits per heavy atom. The van der Waals surface area contributed by atoms with Crippen LogP contribution in [0.2, 0.25) is 0 Å². The molecule has 3 heterocycles. The lowest BCUT2D eigenvalue weighted by Gasteiger charge is -2.34. The van der Waals surface area contributed by atoms with E-state index < -0.39 is 12.7 Å². The lowest BCUT2D eigenvalue weighted by atomic mass is 9.97. The Labute approximate surface area is 154 Å². The van der Waals surface area contributed by atoms with Gasteiger partial charge in [-0.05, 0) is 37.1 Å². The molecule has 0 amide bonds. The molecule has 2 aliphatic rings. The van der Waals surface area contributed by atoms with Gasteiger partial charge >= 0.3 is 6.18 Å². The zero-order valence-corrected chi connectivity index (χ0v) is 14.8. The summed E-state index contributed by atoms with van der Waals surface area (Å²) in [5, 5.41) is 5.68. The number of alkyl halides is 3. The van der Waals surface area contributed by atoms with Crippen molar-refractivity contribution in [2.24, 2.45) is 0 Å². The van der Waals surface area contributed by atoms with E-state index in [1.54, 1.807) is 6.07 Å². The SMILES string of the molecule is CC1CC(COc2ccc3c(c2)COc2cnc(NCC(F)(F)F)cc2-3)N1. The Balaban J connectivity index is 1.49. The predicted octanol–water partition coefficient (Wildman–Crippen LogP) is 3.74. The fourth-order valence-corrected chi connectivity index (χ4v) is 3.37. The Bertz CT molecular complexity index is 835. The van der Waals surface area contributed by atoms with Gasteiger partial charge in [0.1, 0.15) is 37.1 Å². The third-order valence-corrected chi connectivity index (χ3v) is 4.70. The van der Waals surface area contributed by atoms with Gasteiger partial charge in [-0.2, -0.15) is 13.2 Å². The van der Waals surface area contributed by atoms with Crippen LogP contribution in [0, 0.1) is 0 Å². The van der Waals surface area contributed by atoms with Crippen molar-refractivity contribution in [2.75, 3.05) is 18.5 Å². The number of pyridine rings is 1. The van der Waals surface area contributed by atoms with E-state index in [0.717, 1.165) is 28.9 Å². The largest absolute Gasteiger partial charge is 0.492 e. The molecule has 1 fully saturated rings. The van der Waals surface area contributed by atoms with E-state index in [9.17, 15) is 13.2 Å². The maximum absolute atomic E-state index is 12.4. The summed E-state index contributed by atoms with van der Waals surface area (Å²) in [5.41, 5.74) is 2.57. The number of ether oxygens (including phenoxy) is 2. The average Bonchev–Trinajstić information content (AvgIpc) is 2.61. The predicted molar refractivity (Wildman–Crippen MR) is 95.0 cm³/mol. The molecule has 2 atom stereocenters. The van der Waals surface area contributed by atoms with E-state index >= 15 is 0 Å². The van der Waals surface area contributed by atoms with Crippen LogP contribution in [-0.2, 0) is 6.61 Å². The Morgan fingerprint density at radius 1 is 1.30 bits per heavy atom. The van der Waals surface area contributed by atoms with Crippen molar-refractivity contribution in [3.63, 3.8) is 0 Å². The van der Waals surface area contributed by atoms with Crippen molar-refractivity contribution in [1.29, 1.82) is 0 Å². The number of aromatic nitrogens is 1. The summed E-state index contributed by atoms with van der Waals surface area (Å²) in [6, 6.07) is 8.21. The molecule has 2 aliphatic heterocycles. The lowest BCUT2D eigenvalue weighted by molar-refractivity contribution is -0.115. The number of anilines is 1. The van der Waals surface area contributed by atoms with Gasteiger partial charge < -0.3 is 20.1 Å². The number of benzene rings is 1. The van der Waals surface area contributed by atoms with E-state index in [1.807, 2.05) is 18.2 Å². The van der Waals surface area contributed by atoms with Crippen molar-refractivity contribution in [1.82, 2.24) is 10.3 Å². The summed E-state index contributed by atoms with van der Waals surface area (Å²) in [5.74, 6) is 1.47.